The molecule has 17 heteroatoms. The number of nitrogens with one attached hydrogen (secondary N) is 2. The predicted octanol–water partition coefficient (Wildman–Crippen LogP) is 2.42. The van der Waals surface area contributed by atoms with Gasteiger partial charge in [-0.25, -0.2) is 15.0 Å². The van der Waals surface area contributed by atoms with Gasteiger partial charge in [0.15, 0.2) is 0 Å². The maximum absolute atomic E-state index is 11.3. The molecular formula is C11H13Cl3F6N2O6. The number of hydrazine groups is 1. The number of alkyl halides is 9. The quantitative estimate of drug-likeness (QED) is 0.265. The molecule has 0 aliphatic carbocycles. The van der Waals surface area contributed by atoms with Crippen molar-refractivity contribution in [3.05, 3.63) is 0 Å². The van der Waals surface area contributed by atoms with Crippen molar-refractivity contribution >= 4 is 52.7 Å². The summed E-state index contributed by atoms with van der Waals surface area (Å²) in [7, 11) is 0. The van der Waals surface area contributed by atoms with Crippen LogP contribution in [0.3, 0.4) is 0 Å². The standard InChI is InChI=1S/C7H11Cl3N2O2.2C2HF3O2/c8-7(9,10)4-14-6(13)5-2-1-3-11-12-5;2*3-2(4,5)1(6)7/h5,11-12H,1-4H2;2*(H,6,7)/t5-;;/m0../s1. The Morgan fingerprint density at radius 2 is 1.36 bits per heavy atom. The van der Waals surface area contributed by atoms with Gasteiger partial charge in [0.2, 0.25) is 3.79 Å². The molecule has 1 atom stereocenters. The smallest absolute Gasteiger partial charge is 0.475 e. The number of carbonyl (C=O) groups excluding carboxylic acids is 1. The normalized spacial score (nSPS) is 17.2. The molecule has 166 valence electrons. The molecule has 0 spiro atoms. The van der Waals surface area contributed by atoms with Crippen molar-refractivity contribution in [2.75, 3.05) is 13.2 Å². The highest BCUT2D eigenvalue weighted by molar-refractivity contribution is 6.67. The number of hydrogen-bond acceptors (Lipinski definition) is 6. The summed E-state index contributed by atoms with van der Waals surface area (Å²) in [6.45, 7) is 0.614. The SMILES string of the molecule is O=C(O)C(F)(F)F.O=C(O)C(F)(F)F.O=C(OCC(Cl)(Cl)Cl)[C@@H]1CCCNN1. The van der Waals surface area contributed by atoms with E-state index in [0.717, 1.165) is 19.4 Å². The van der Waals surface area contributed by atoms with Crippen molar-refractivity contribution in [3.63, 3.8) is 0 Å². The summed E-state index contributed by atoms with van der Waals surface area (Å²) in [4.78, 5) is 29.1. The van der Waals surface area contributed by atoms with Gasteiger partial charge in [0.05, 0.1) is 0 Å². The van der Waals surface area contributed by atoms with Crippen LogP contribution in [0.15, 0.2) is 0 Å². The minimum atomic E-state index is -5.08. The Labute approximate surface area is 168 Å². The van der Waals surface area contributed by atoms with Gasteiger partial charge in [0, 0.05) is 6.54 Å². The molecule has 0 unspecified atom stereocenters. The van der Waals surface area contributed by atoms with Gasteiger partial charge in [-0.3, -0.25) is 10.2 Å². The average molecular weight is 490 g/mol. The van der Waals surface area contributed by atoms with Crippen molar-refractivity contribution in [1.29, 1.82) is 0 Å². The molecule has 1 fully saturated rings. The fourth-order valence-electron chi connectivity index (χ4n) is 1.09. The van der Waals surface area contributed by atoms with E-state index in [1.807, 2.05) is 0 Å². The van der Waals surface area contributed by atoms with Crippen molar-refractivity contribution in [2.24, 2.45) is 0 Å². The highest BCUT2D eigenvalue weighted by Crippen LogP contribution is 2.26. The number of ether oxygens (including phenoxy) is 1. The predicted molar refractivity (Wildman–Crippen MR) is 82.8 cm³/mol. The number of esters is 1. The van der Waals surface area contributed by atoms with E-state index in [1.165, 1.54) is 0 Å². The van der Waals surface area contributed by atoms with Crippen LogP contribution in [-0.4, -0.2) is 63.5 Å². The first-order chi connectivity index (χ1) is 12.4. The fourth-order valence-corrected chi connectivity index (χ4v) is 1.26. The second kappa shape index (κ2) is 12.4. The first-order valence-corrected chi connectivity index (χ1v) is 7.83. The molecule has 0 aromatic rings. The summed E-state index contributed by atoms with van der Waals surface area (Å²) in [5, 5.41) is 14.2. The van der Waals surface area contributed by atoms with Gasteiger partial charge >= 0.3 is 30.3 Å². The minimum Gasteiger partial charge on any atom is -0.475 e. The Kier molecular flexibility index (Phi) is 12.8. The van der Waals surface area contributed by atoms with E-state index in [-0.39, 0.29) is 12.6 Å². The number of rotatable bonds is 2. The molecule has 1 heterocycles. The van der Waals surface area contributed by atoms with Gasteiger partial charge in [-0.05, 0) is 12.8 Å². The number of hydrogen-bond donors (Lipinski definition) is 4. The van der Waals surface area contributed by atoms with Gasteiger partial charge in [-0.2, -0.15) is 26.3 Å². The van der Waals surface area contributed by atoms with Crippen LogP contribution in [0.4, 0.5) is 26.3 Å². The van der Waals surface area contributed by atoms with Crippen molar-refractivity contribution in [2.45, 2.75) is 35.0 Å². The number of carboxylic acid groups (broad SMARTS) is 2. The lowest BCUT2D eigenvalue weighted by Gasteiger charge is -2.23. The maximum Gasteiger partial charge on any atom is 0.490 e. The largest absolute Gasteiger partial charge is 0.490 e. The average Bonchev–Trinajstić information content (AvgIpc) is 2.52. The zero-order valence-electron chi connectivity index (χ0n) is 13.3. The zero-order valence-corrected chi connectivity index (χ0v) is 15.6. The number of carboxylic acids is 2. The molecule has 0 amide bonds. The van der Waals surface area contributed by atoms with Crippen LogP contribution in [0.1, 0.15) is 12.8 Å². The molecule has 0 aromatic heterocycles. The van der Waals surface area contributed by atoms with Crippen LogP contribution >= 0.6 is 34.8 Å². The van der Waals surface area contributed by atoms with Crippen molar-refractivity contribution in [3.8, 4) is 0 Å². The van der Waals surface area contributed by atoms with Crippen LogP contribution < -0.4 is 10.9 Å². The molecule has 4 N–H and O–H groups in total. The van der Waals surface area contributed by atoms with E-state index < -0.39 is 34.1 Å². The van der Waals surface area contributed by atoms with E-state index in [9.17, 15) is 31.1 Å². The molecule has 0 radical (unpaired) electrons. The number of halogens is 9. The van der Waals surface area contributed by atoms with Crippen LogP contribution in [0.2, 0.25) is 0 Å². The summed E-state index contributed by atoms with van der Waals surface area (Å²) < 4.78 is 66.7. The van der Waals surface area contributed by atoms with Gasteiger partial charge < -0.3 is 14.9 Å². The molecule has 28 heavy (non-hydrogen) atoms. The molecule has 0 bridgehead atoms. The van der Waals surface area contributed by atoms with Gasteiger partial charge in [0.25, 0.3) is 0 Å². The van der Waals surface area contributed by atoms with Crippen LogP contribution in [0.25, 0.3) is 0 Å². The second-order valence-electron chi connectivity index (χ2n) is 4.59. The van der Waals surface area contributed by atoms with Crippen LogP contribution in [-0.2, 0) is 19.1 Å². The van der Waals surface area contributed by atoms with E-state index in [4.69, 9.17) is 59.3 Å². The van der Waals surface area contributed by atoms with Crippen molar-refractivity contribution in [1.82, 2.24) is 10.9 Å². The number of aliphatic carboxylic acids is 2. The lowest BCUT2D eigenvalue weighted by molar-refractivity contribution is -0.193. The summed E-state index contributed by atoms with van der Waals surface area (Å²) in [5.41, 5.74) is 5.66. The minimum absolute atomic E-state index is 0.227. The lowest BCUT2D eigenvalue weighted by atomic mass is 10.1. The third kappa shape index (κ3) is 16.9. The highest BCUT2D eigenvalue weighted by atomic mass is 35.6. The topological polar surface area (TPSA) is 125 Å². The van der Waals surface area contributed by atoms with Crippen LogP contribution in [0.5, 0.6) is 0 Å². The monoisotopic (exact) mass is 488 g/mol. The van der Waals surface area contributed by atoms with E-state index in [2.05, 4.69) is 10.9 Å². The molecular weight excluding hydrogens is 476 g/mol. The Morgan fingerprint density at radius 3 is 1.61 bits per heavy atom. The zero-order chi connectivity index (χ0) is 22.8. The van der Waals surface area contributed by atoms with Gasteiger partial charge in [-0.1, -0.05) is 34.8 Å². The first-order valence-electron chi connectivity index (χ1n) is 6.70. The van der Waals surface area contributed by atoms with Gasteiger partial charge in [0.1, 0.15) is 12.6 Å². The highest BCUT2D eigenvalue weighted by Gasteiger charge is 2.38. The Morgan fingerprint density at radius 1 is 0.964 bits per heavy atom. The van der Waals surface area contributed by atoms with E-state index in [1.54, 1.807) is 0 Å². The third-order valence-electron chi connectivity index (χ3n) is 2.22. The van der Waals surface area contributed by atoms with E-state index >= 15 is 0 Å². The Bertz CT molecular complexity index is 496. The van der Waals surface area contributed by atoms with Crippen molar-refractivity contribution < 1.29 is 55.7 Å². The summed E-state index contributed by atoms with van der Waals surface area (Å²) in [6, 6.07) is -0.351. The number of carbonyl (C=O) groups is 3. The molecule has 1 aliphatic rings. The summed E-state index contributed by atoms with van der Waals surface area (Å²) >= 11 is 16.3. The molecule has 0 aromatic carbocycles. The first kappa shape index (κ1) is 29.0. The Balaban J connectivity index is 0. The maximum atomic E-state index is 11.3. The molecule has 8 nitrogen and oxygen atoms in total. The fraction of sp³-hybridized carbons (Fsp3) is 0.727. The molecule has 1 rings (SSSR count). The van der Waals surface area contributed by atoms with E-state index in [0.29, 0.717) is 0 Å². The van der Waals surface area contributed by atoms with Gasteiger partial charge in [-0.15, -0.1) is 0 Å². The molecule has 0 saturated carbocycles. The lowest BCUT2D eigenvalue weighted by Crippen LogP contribution is -2.50. The summed E-state index contributed by atoms with van der Waals surface area (Å²) in [5.74, 6) is -5.91. The molecule has 1 saturated heterocycles. The second-order valence-corrected chi connectivity index (χ2v) is 7.11. The molecule has 1 aliphatic heterocycles. The third-order valence-corrected chi connectivity index (χ3v) is 2.55. The Hall–Kier alpha value is -1.22. The summed E-state index contributed by atoms with van der Waals surface area (Å²) in [6.07, 6.45) is -8.52. The van der Waals surface area contributed by atoms with Crippen LogP contribution in [0, 0.1) is 0 Å².